The number of halogens is 1. The lowest BCUT2D eigenvalue weighted by molar-refractivity contribution is 0.261. The topological polar surface area (TPSA) is 42.2 Å². The SMILES string of the molecule is CN(Cc1csc(Br)c1)Cc1nc(-c2cccs2)no1. The molecule has 0 saturated carbocycles. The molecule has 0 aliphatic carbocycles. The first kappa shape index (κ1) is 13.9. The normalized spacial score (nSPS) is 11.3. The Bertz CT molecular complexity index is 677. The predicted octanol–water partition coefficient (Wildman–Crippen LogP) is 4.25. The molecule has 0 aliphatic rings. The Kier molecular flexibility index (Phi) is 4.30. The number of hydrogen-bond acceptors (Lipinski definition) is 6. The van der Waals surface area contributed by atoms with Gasteiger partial charge in [0.25, 0.3) is 0 Å². The second-order valence-corrected chi connectivity index (χ2v) is 7.66. The Morgan fingerprint density at radius 3 is 2.95 bits per heavy atom. The molecule has 0 spiro atoms. The summed E-state index contributed by atoms with van der Waals surface area (Å²) >= 11 is 6.78. The Morgan fingerprint density at radius 1 is 1.35 bits per heavy atom. The van der Waals surface area contributed by atoms with Gasteiger partial charge in [0.1, 0.15) is 0 Å². The highest BCUT2D eigenvalue weighted by Gasteiger charge is 2.12. The van der Waals surface area contributed by atoms with E-state index < -0.39 is 0 Å². The molecule has 0 amide bonds. The molecule has 3 rings (SSSR count). The van der Waals surface area contributed by atoms with Crippen LogP contribution in [0.4, 0.5) is 0 Å². The third-order valence-electron chi connectivity index (χ3n) is 2.69. The van der Waals surface area contributed by atoms with Crippen molar-refractivity contribution < 1.29 is 4.52 Å². The number of hydrogen-bond donors (Lipinski definition) is 0. The maximum atomic E-state index is 5.30. The van der Waals surface area contributed by atoms with E-state index in [1.54, 1.807) is 22.7 Å². The summed E-state index contributed by atoms with van der Waals surface area (Å²) in [6.45, 7) is 1.50. The Labute approximate surface area is 133 Å². The van der Waals surface area contributed by atoms with Crippen molar-refractivity contribution in [2.75, 3.05) is 7.05 Å². The van der Waals surface area contributed by atoms with Gasteiger partial charge in [-0.25, -0.2) is 0 Å². The van der Waals surface area contributed by atoms with Crippen LogP contribution in [0.3, 0.4) is 0 Å². The average Bonchev–Trinajstić information content (AvgIpc) is 3.10. The lowest BCUT2D eigenvalue weighted by Gasteiger charge is -2.12. The van der Waals surface area contributed by atoms with E-state index in [1.807, 2.05) is 24.6 Å². The van der Waals surface area contributed by atoms with Crippen LogP contribution in [0.5, 0.6) is 0 Å². The van der Waals surface area contributed by atoms with Crippen molar-refractivity contribution in [3.05, 3.63) is 44.2 Å². The van der Waals surface area contributed by atoms with Gasteiger partial charge in [-0.05, 0) is 51.4 Å². The van der Waals surface area contributed by atoms with Gasteiger partial charge in [-0.1, -0.05) is 11.2 Å². The maximum Gasteiger partial charge on any atom is 0.241 e. The van der Waals surface area contributed by atoms with Gasteiger partial charge >= 0.3 is 0 Å². The highest BCUT2D eigenvalue weighted by Crippen LogP contribution is 2.23. The van der Waals surface area contributed by atoms with Gasteiger partial charge in [-0.3, -0.25) is 4.90 Å². The molecular formula is C13H12BrN3OS2. The number of aromatic nitrogens is 2. The second-order valence-electron chi connectivity index (χ2n) is 4.42. The van der Waals surface area contributed by atoms with Crippen molar-refractivity contribution in [3.63, 3.8) is 0 Å². The van der Waals surface area contributed by atoms with Crippen LogP contribution in [0.1, 0.15) is 11.5 Å². The highest BCUT2D eigenvalue weighted by atomic mass is 79.9. The van der Waals surface area contributed by atoms with Crippen molar-refractivity contribution in [1.82, 2.24) is 15.0 Å². The molecule has 0 aliphatic heterocycles. The molecule has 3 aromatic rings. The van der Waals surface area contributed by atoms with Crippen LogP contribution in [0.15, 0.2) is 37.3 Å². The fourth-order valence-corrected chi connectivity index (χ4v) is 3.70. The first-order chi connectivity index (χ1) is 9.70. The Morgan fingerprint density at radius 2 is 2.25 bits per heavy atom. The molecule has 3 heterocycles. The Hall–Kier alpha value is -1.02. The molecule has 0 N–H and O–H groups in total. The first-order valence-electron chi connectivity index (χ1n) is 5.98. The van der Waals surface area contributed by atoms with Crippen LogP contribution in [0.2, 0.25) is 0 Å². The van der Waals surface area contributed by atoms with Crippen LogP contribution in [0, 0.1) is 0 Å². The maximum absolute atomic E-state index is 5.30. The molecule has 3 aromatic heterocycles. The summed E-state index contributed by atoms with van der Waals surface area (Å²) in [5.74, 6) is 1.31. The van der Waals surface area contributed by atoms with E-state index in [0.29, 0.717) is 18.3 Å². The van der Waals surface area contributed by atoms with Crippen molar-refractivity contribution in [2.45, 2.75) is 13.1 Å². The molecule has 104 valence electrons. The van der Waals surface area contributed by atoms with Gasteiger partial charge in [0.2, 0.25) is 11.7 Å². The molecule has 0 unspecified atom stereocenters. The summed E-state index contributed by atoms with van der Waals surface area (Å²) in [5.41, 5.74) is 1.28. The smallest absolute Gasteiger partial charge is 0.241 e. The fourth-order valence-electron chi connectivity index (χ4n) is 1.85. The van der Waals surface area contributed by atoms with E-state index in [4.69, 9.17) is 4.52 Å². The number of thiophene rings is 2. The molecule has 0 bridgehead atoms. The average molecular weight is 370 g/mol. The van der Waals surface area contributed by atoms with Crippen LogP contribution in [-0.4, -0.2) is 22.1 Å². The largest absolute Gasteiger partial charge is 0.338 e. The van der Waals surface area contributed by atoms with Crippen molar-refractivity contribution in [1.29, 1.82) is 0 Å². The number of nitrogens with zero attached hydrogens (tertiary/aromatic N) is 3. The van der Waals surface area contributed by atoms with Crippen LogP contribution in [-0.2, 0) is 13.1 Å². The van der Waals surface area contributed by atoms with Gasteiger partial charge in [0.05, 0.1) is 15.2 Å². The van der Waals surface area contributed by atoms with Gasteiger partial charge in [-0.2, -0.15) is 4.98 Å². The van der Waals surface area contributed by atoms with E-state index in [0.717, 1.165) is 15.2 Å². The van der Waals surface area contributed by atoms with Gasteiger partial charge in [-0.15, -0.1) is 22.7 Å². The standard InChI is InChI=1S/C13H12BrN3OS2/c1-17(6-9-5-11(14)20-8-9)7-12-15-13(16-18-12)10-3-2-4-19-10/h2-5,8H,6-7H2,1H3. The molecule has 0 fully saturated rings. The fraction of sp³-hybridized carbons (Fsp3) is 0.231. The minimum absolute atomic E-state index is 0.644. The van der Waals surface area contributed by atoms with Gasteiger partial charge < -0.3 is 4.52 Å². The van der Waals surface area contributed by atoms with E-state index >= 15 is 0 Å². The Balaban J connectivity index is 1.63. The summed E-state index contributed by atoms with van der Waals surface area (Å²) < 4.78 is 6.45. The molecule has 0 saturated heterocycles. The zero-order valence-electron chi connectivity index (χ0n) is 10.7. The molecule has 7 heteroatoms. The lowest BCUT2D eigenvalue weighted by Crippen LogP contribution is -2.17. The zero-order chi connectivity index (χ0) is 13.9. The third kappa shape index (κ3) is 3.35. The van der Waals surface area contributed by atoms with Crippen molar-refractivity contribution in [2.24, 2.45) is 0 Å². The van der Waals surface area contributed by atoms with Gasteiger partial charge in [0.15, 0.2) is 0 Å². The third-order valence-corrected chi connectivity index (χ3v) is 5.11. The summed E-state index contributed by atoms with van der Waals surface area (Å²) in [6.07, 6.45) is 0. The minimum Gasteiger partial charge on any atom is -0.338 e. The van der Waals surface area contributed by atoms with Crippen molar-refractivity contribution >= 4 is 38.6 Å². The van der Waals surface area contributed by atoms with E-state index in [-0.39, 0.29) is 0 Å². The zero-order valence-corrected chi connectivity index (χ0v) is 14.0. The molecule has 0 atom stereocenters. The highest BCUT2D eigenvalue weighted by molar-refractivity contribution is 9.11. The van der Waals surface area contributed by atoms with Crippen LogP contribution in [0.25, 0.3) is 10.7 Å². The van der Waals surface area contributed by atoms with Crippen molar-refractivity contribution in [3.8, 4) is 10.7 Å². The molecule has 0 aromatic carbocycles. The molecule has 0 radical (unpaired) electrons. The summed E-state index contributed by atoms with van der Waals surface area (Å²) in [6, 6.07) is 6.11. The van der Waals surface area contributed by atoms with Crippen LogP contribution < -0.4 is 0 Å². The van der Waals surface area contributed by atoms with E-state index in [2.05, 4.69) is 42.4 Å². The molecular weight excluding hydrogens is 358 g/mol. The summed E-state index contributed by atoms with van der Waals surface area (Å²) in [4.78, 5) is 7.61. The quantitative estimate of drug-likeness (QED) is 0.673. The number of rotatable bonds is 5. The summed E-state index contributed by atoms with van der Waals surface area (Å²) in [5, 5.41) is 8.17. The second kappa shape index (κ2) is 6.17. The predicted molar refractivity (Wildman–Crippen MR) is 84.8 cm³/mol. The van der Waals surface area contributed by atoms with Gasteiger partial charge in [0, 0.05) is 6.54 Å². The van der Waals surface area contributed by atoms with E-state index in [1.165, 1.54) is 5.56 Å². The lowest BCUT2D eigenvalue weighted by atomic mass is 10.3. The molecule has 4 nitrogen and oxygen atoms in total. The minimum atomic E-state index is 0.644. The summed E-state index contributed by atoms with van der Waals surface area (Å²) in [7, 11) is 2.04. The first-order valence-corrected chi connectivity index (χ1v) is 8.54. The monoisotopic (exact) mass is 369 g/mol. The van der Waals surface area contributed by atoms with E-state index in [9.17, 15) is 0 Å². The van der Waals surface area contributed by atoms with Crippen LogP contribution >= 0.6 is 38.6 Å². The molecule has 20 heavy (non-hydrogen) atoms.